The molecule has 2 aromatic carbocycles. The second-order valence-corrected chi connectivity index (χ2v) is 5.73. The number of benzene rings is 2. The molecule has 0 atom stereocenters. The molecular formula is C15H13ClF2OS. The number of halogens is 3. The third-order valence-corrected chi connectivity index (χ3v) is 4.15. The highest BCUT2D eigenvalue weighted by molar-refractivity contribution is 7.98. The monoisotopic (exact) mass is 314 g/mol. The van der Waals surface area contributed by atoms with Gasteiger partial charge in [-0.15, -0.1) is 11.8 Å². The Hall–Kier alpha value is -1.10. The van der Waals surface area contributed by atoms with E-state index < -0.39 is 12.5 Å². The summed E-state index contributed by atoms with van der Waals surface area (Å²) in [5.74, 6) is -2.71. The Kier molecular flexibility index (Phi) is 5.02. The smallest absolute Gasteiger partial charge is 0.296 e. The minimum absolute atomic E-state index is 0.228. The number of hydrogen-bond acceptors (Lipinski definition) is 2. The number of aliphatic hydroxyl groups excluding tert-OH is 1. The summed E-state index contributed by atoms with van der Waals surface area (Å²) in [6.45, 7) is -1.23. The van der Waals surface area contributed by atoms with Crippen molar-refractivity contribution in [3.63, 3.8) is 0 Å². The van der Waals surface area contributed by atoms with Gasteiger partial charge in [-0.25, -0.2) is 0 Å². The molecule has 5 heteroatoms. The Morgan fingerprint density at radius 2 is 1.80 bits per heavy atom. The van der Waals surface area contributed by atoms with E-state index in [-0.39, 0.29) is 10.6 Å². The van der Waals surface area contributed by atoms with Gasteiger partial charge in [0.2, 0.25) is 0 Å². The van der Waals surface area contributed by atoms with E-state index in [1.807, 2.05) is 30.3 Å². The maximum absolute atomic E-state index is 13.7. The zero-order valence-electron chi connectivity index (χ0n) is 10.5. The molecule has 0 fully saturated rings. The van der Waals surface area contributed by atoms with E-state index in [1.165, 1.54) is 17.8 Å². The predicted octanol–water partition coefficient (Wildman–Crippen LogP) is 4.72. The van der Waals surface area contributed by atoms with Crippen molar-refractivity contribution in [1.82, 2.24) is 0 Å². The number of rotatable bonds is 5. The first-order valence-electron chi connectivity index (χ1n) is 5.98. The molecule has 2 aromatic rings. The second kappa shape index (κ2) is 6.57. The first-order valence-corrected chi connectivity index (χ1v) is 7.35. The van der Waals surface area contributed by atoms with Crippen LogP contribution >= 0.6 is 23.4 Å². The molecular weight excluding hydrogens is 302 g/mol. The third kappa shape index (κ3) is 3.72. The van der Waals surface area contributed by atoms with Gasteiger partial charge in [-0.2, -0.15) is 8.78 Å². The molecule has 0 radical (unpaired) electrons. The minimum atomic E-state index is -3.29. The van der Waals surface area contributed by atoms with Crippen LogP contribution in [0.25, 0.3) is 0 Å². The quantitative estimate of drug-likeness (QED) is 0.806. The van der Waals surface area contributed by atoms with Crippen LogP contribution in [0, 0.1) is 0 Å². The highest BCUT2D eigenvalue weighted by Crippen LogP contribution is 2.38. The maximum Gasteiger partial charge on any atom is 0.296 e. The molecule has 0 aromatic heterocycles. The van der Waals surface area contributed by atoms with Crippen LogP contribution in [0.15, 0.2) is 53.4 Å². The largest absolute Gasteiger partial charge is 0.390 e. The number of thioether (sulfide) groups is 1. The molecule has 0 amide bonds. The lowest BCUT2D eigenvalue weighted by Crippen LogP contribution is -2.19. The minimum Gasteiger partial charge on any atom is -0.390 e. The number of aliphatic hydroxyl groups is 1. The molecule has 0 unspecified atom stereocenters. The lowest BCUT2D eigenvalue weighted by molar-refractivity contribution is -0.0577. The van der Waals surface area contributed by atoms with Crippen molar-refractivity contribution in [2.45, 2.75) is 16.6 Å². The van der Waals surface area contributed by atoms with Gasteiger partial charge in [-0.05, 0) is 23.8 Å². The Morgan fingerprint density at radius 3 is 2.45 bits per heavy atom. The fourth-order valence-corrected chi connectivity index (χ4v) is 2.95. The second-order valence-electron chi connectivity index (χ2n) is 4.28. The van der Waals surface area contributed by atoms with E-state index in [4.69, 9.17) is 16.7 Å². The van der Waals surface area contributed by atoms with Gasteiger partial charge in [0.1, 0.15) is 6.61 Å². The van der Waals surface area contributed by atoms with Crippen LogP contribution in [0.5, 0.6) is 0 Å². The Morgan fingerprint density at radius 1 is 1.10 bits per heavy atom. The Balaban J connectivity index is 2.23. The molecule has 0 aliphatic carbocycles. The molecule has 0 saturated carbocycles. The summed E-state index contributed by atoms with van der Waals surface area (Å²) in [6, 6.07) is 13.9. The first kappa shape index (κ1) is 15.3. The third-order valence-electron chi connectivity index (χ3n) is 2.77. The summed E-state index contributed by atoms with van der Waals surface area (Å²) in [4.78, 5) is 0.428. The van der Waals surface area contributed by atoms with E-state index in [9.17, 15) is 8.78 Å². The molecule has 0 aliphatic rings. The molecule has 20 heavy (non-hydrogen) atoms. The fraction of sp³-hybridized carbons (Fsp3) is 0.200. The molecule has 2 rings (SSSR count). The van der Waals surface area contributed by atoms with Gasteiger partial charge in [0.15, 0.2) is 0 Å². The molecule has 1 nitrogen and oxygen atoms in total. The van der Waals surface area contributed by atoms with Crippen LogP contribution in [-0.2, 0) is 11.7 Å². The Labute approximate surface area is 125 Å². The molecule has 0 aliphatic heterocycles. The summed E-state index contributed by atoms with van der Waals surface area (Å²) in [5.41, 5.74) is 0.819. The highest BCUT2D eigenvalue weighted by Gasteiger charge is 2.33. The van der Waals surface area contributed by atoms with Crippen molar-refractivity contribution in [2.75, 3.05) is 6.61 Å². The summed E-state index contributed by atoms with van der Waals surface area (Å²) < 4.78 is 27.5. The van der Waals surface area contributed by atoms with Crippen molar-refractivity contribution in [3.8, 4) is 0 Å². The predicted molar refractivity (Wildman–Crippen MR) is 78.4 cm³/mol. The summed E-state index contributed by atoms with van der Waals surface area (Å²) in [5, 5.41) is 9.08. The molecule has 1 N–H and O–H groups in total. The van der Waals surface area contributed by atoms with E-state index in [1.54, 1.807) is 12.1 Å². The van der Waals surface area contributed by atoms with E-state index in [2.05, 4.69) is 0 Å². The SMILES string of the molecule is OCC(F)(F)c1cc(Cl)ccc1SCc1ccccc1. The van der Waals surface area contributed by atoms with Crippen LogP contribution < -0.4 is 0 Å². The van der Waals surface area contributed by atoms with Crippen molar-refractivity contribution >= 4 is 23.4 Å². The van der Waals surface area contributed by atoms with Crippen LogP contribution in [-0.4, -0.2) is 11.7 Å². The van der Waals surface area contributed by atoms with Gasteiger partial charge in [-0.3, -0.25) is 0 Å². The number of hydrogen-bond donors (Lipinski definition) is 1. The van der Waals surface area contributed by atoms with Gasteiger partial charge in [0.25, 0.3) is 5.92 Å². The van der Waals surface area contributed by atoms with Gasteiger partial charge in [0.05, 0.1) is 0 Å². The molecule has 0 heterocycles. The summed E-state index contributed by atoms with van der Waals surface area (Å²) in [7, 11) is 0. The molecule has 0 spiro atoms. The highest BCUT2D eigenvalue weighted by atomic mass is 35.5. The standard InChI is InChI=1S/C15H13ClF2OS/c16-12-6-7-14(13(8-12)15(17,18)10-19)20-9-11-4-2-1-3-5-11/h1-8,19H,9-10H2. The lowest BCUT2D eigenvalue weighted by Gasteiger charge is -2.18. The normalized spacial score (nSPS) is 11.6. The first-order chi connectivity index (χ1) is 9.53. The van der Waals surface area contributed by atoms with Gasteiger partial charge < -0.3 is 5.11 Å². The summed E-state index contributed by atoms with van der Waals surface area (Å²) in [6.07, 6.45) is 0. The zero-order chi connectivity index (χ0) is 14.6. The maximum atomic E-state index is 13.7. The van der Waals surface area contributed by atoms with Crippen LogP contribution in [0.4, 0.5) is 8.78 Å². The van der Waals surface area contributed by atoms with Crippen LogP contribution in [0.2, 0.25) is 5.02 Å². The van der Waals surface area contributed by atoms with E-state index in [0.717, 1.165) is 5.56 Å². The van der Waals surface area contributed by atoms with Gasteiger partial charge >= 0.3 is 0 Å². The van der Waals surface area contributed by atoms with Gasteiger partial charge in [0, 0.05) is 21.2 Å². The van der Waals surface area contributed by atoms with Crippen molar-refractivity contribution < 1.29 is 13.9 Å². The van der Waals surface area contributed by atoms with E-state index in [0.29, 0.717) is 10.6 Å². The molecule has 0 bridgehead atoms. The lowest BCUT2D eigenvalue weighted by atomic mass is 10.1. The molecule has 106 valence electrons. The van der Waals surface area contributed by atoms with Crippen molar-refractivity contribution in [2.24, 2.45) is 0 Å². The van der Waals surface area contributed by atoms with Gasteiger partial charge in [-0.1, -0.05) is 41.9 Å². The fourth-order valence-electron chi connectivity index (χ4n) is 1.73. The summed E-state index contributed by atoms with van der Waals surface area (Å²) >= 11 is 7.07. The number of alkyl halides is 2. The Bertz CT molecular complexity index is 575. The van der Waals surface area contributed by atoms with Crippen molar-refractivity contribution in [1.29, 1.82) is 0 Å². The van der Waals surface area contributed by atoms with Crippen LogP contribution in [0.1, 0.15) is 11.1 Å². The average molecular weight is 315 g/mol. The van der Waals surface area contributed by atoms with Crippen LogP contribution in [0.3, 0.4) is 0 Å². The van der Waals surface area contributed by atoms with Crippen molar-refractivity contribution in [3.05, 3.63) is 64.7 Å². The average Bonchev–Trinajstić information content (AvgIpc) is 2.47. The molecule has 0 saturated heterocycles. The topological polar surface area (TPSA) is 20.2 Å². The zero-order valence-corrected chi connectivity index (χ0v) is 12.1. The van der Waals surface area contributed by atoms with E-state index >= 15 is 0 Å².